The lowest BCUT2D eigenvalue weighted by Gasteiger charge is -2.59. The Morgan fingerprint density at radius 3 is 2.48 bits per heavy atom. The van der Waals surface area contributed by atoms with Gasteiger partial charge in [0.25, 0.3) is 0 Å². The molecule has 1 amide bonds. The average molecular weight is 406 g/mol. The van der Waals surface area contributed by atoms with Crippen LogP contribution in [-0.2, 0) is 4.79 Å². The summed E-state index contributed by atoms with van der Waals surface area (Å²) in [5.74, 6) is 0.264. The summed E-state index contributed by atoms with van der Waals surface area (Å²) >= 11 is 6.74. The normalized spacial score (nSPS) is 34.7. The molecule has 27 heavy (non-hydrogen) atoms. The molecule has 8 heteroatoms. The highest BCUT2D eigenvalue weighted by Crippen LogP contribution is 2.64. The topological polar surface area (TPSA) is 38.3 Å². The van der Waals surface area contributed by atoms with E-state index in [-0.39, 0.29) is 16.5 Å². The summed E-state index contributed by atoms with van der Waals surface area (Å²) in [6.45, 7) is 0. The third-order valence-electron chi connectivity index (χ3n) is 6.07. The summed E-state index contributed by atoms with van der Waals surface area (Å²) in [6.07, 6.45) is -3.38. The van der Waals surface area contributed by atoms with Gasteiger partial charge in [-0.15, -0.1) is 11.6 Å². The van der Waals surface area contributed by atoms with Gasteiger partial charge in [0.05, 0.1) is 5.41 Å². The van der Waals surface area contributed by atoms with Gasteiger partial charge < -0.3 is 10.1 Å². The molecule has 3 nitrogen and oxygen atoms in total. The van der Waals surface area contributed by atoms with E-state index in [1.54, 1.807) is 0 Å². The van der Waals surface area contributed by atoms with Crippen LogP contribution in [0.5, 0.6) is 5.75 Å². The molecule has 2 unspecified atom stereocenters. The molecular weight excluding hydrogens is 386 g/mol. The van der Waals surface area contributed by atoms with Crippen LogP contribution < -0.4 is 10.1 Å². The van der Waals surface area contributed by atoms with Gasteiger partial charge >= 0.3 is 12.5 Å². The molecule has 4 aliphatic carbocycles. The van der Waals surface area contributed by atoms with Gasteiger partial charge in [0.1, 0.15) is 5.75 Å². The van der Waals surface area contributed by atoms with E-state index in [0.29, 0.717) is 18.3 Å². The van der Waals surface area contributed by atoms with E-state index in [9.17, 15) is 22.4 Å². The van der Waals surface area contributed by atoms with Gasteiger partial charge in [-0.3, -0.25) is 4.79 Å². The molecule has 0 spiro atoms. The van der Waals surface area contributed by atoms with E-state index in [1.165, 1.54) is 12.1 Å². The lowest BCUT2D eigenvalue weighted by molar-refractivity contribution is -0.253. The first-order valence-corrected chi connectivity index (χ1v) is 9.42. The summed E-state index contributed by atoms with van der Waals surface area (Å²) in [4.78, 5) is 12.7. The van der Waals surface area contributed by atoms with Crippen molar-refractivity contribution in [3.8, 4) is 5.75 Å². The number of ether oxygens (including phenoxy) is 1. The summed E-state index contributed by atoms with van der Waals surface area (Å²) in [6, 6.07) is 5.16. The van der Waals surface area contributed by atoms with E-state index in [4.69, 9.17) is 11.6 Å². The monoisotopic (exact) mass is 405 g/mol. The fourth-order valence-corrected chi connectivity index (χ4v) is 6.21. The van der Waals surface area contributed by atoms with Crippen molar-refractivity contribution in [2.75, 3.05) is 5.32 Å². The minimum absolute atomic E-state index is 0.181. The predicted octanol–water partition coefficient (Wildman–Crippen LogP) is 5.44. The summed E-state index contributed by atoms with van der Waals surface area (Å²) in [5.41, 5.74) is -0.308. The minimum atomic E-state index is -4.59. The second kappa shape index (κ2) is 6.26. The van der Waals surface area contributed by atoms with E-state index < -0.39 is 23.7 Å². The van der Waals surface area contributed by atoms with E-state index in [0.717, 1.165) is 44.2 Å². The molecule has 148 valence electrons. The van der Waals surface area contributed by atoms with Gasteiger partial charge in [-0.2, -0.15) is 17.6 Å². The number of anilines is 1. The standard InChI is InChI=1S/C19H20ClF4NO2/c20-18-8-11-4-12(9-18)7-17(6-11,10-18)16(26)25-13-2-1-3-14(5-13)27-19(23,24)15(21)22/h1-3,5,11-12,15H,4,6-10H2,(H,25,26). The Morgan fingerprint density at radius 1 is 1.22 bits per heavy atom. The Balaban J connectivity index is 1.50. The third kappa shape index (κ3) is 3.50. The predicted molar refractivity (Wildman–Crippen MR) is 92.3 cm³/mol. The fourth-order valence-electron chi connectivity index (χ4n) is 5.52. The van der Waals surface area contributed by atoms with Crippen LogP contribution >= 0.6 is 11.6 Å². The van der Waals surface area contributed by atoms with Crippen LogP contribution in [-0.4, -0.2) is 23.3 Å². The third-order valence-corrected chi connectivity index (χ3v) is 6.51. The molecule has 0 saturated heterocycles. The molecule has 1 N–H and O–H groups in total. The molecule has 5 rings (SSSR count). The molecule has 4 saturated carbocycles. The summed E-state index contributed by atoms with van der Waals surface area (Å²) in [5, 5.41) is 2.76. The highest BCUT2D eigenvalue weighted by Gasteiger charge is 2.60. The molecule has 2 atom stereocenters. The zero-order valence-electron chi connectivity index (χ0n) is 14.5. The lowest BCUT2D eigenvalue weighted by atomic mass is 9.49. The molecular formula is C19H20ClF4NO2. The van der Waals surface area contributed by atoms with Gasteiger partial charge in [-0.05, 0) is 62.5 Å². The number of alkyl halides is 5. The van der Waals surface area contributed by atoms with Crippen LogP contribution in [0.25, 0.3) is 0 Å². The first-order valence-electron chi connectivity index (χ1n) is 9.05. The second-order valence-corrected chi connectivity index (χ2v) is 9.14. The molecule has 0 heterocycles. The number of carbonyl (C=O) groups is 1. The Hall–Kier alpha value is -1.50. The SMILES string of the molecule is O=C(Nc1cccc(OC(F)(F)C(F)F)c1)C12CC3CC(CC(Cl)(C3)C1)C2. The number of hydrogen-bond acceptors (Lipinski definition) is 2. The quantitative estimate of drug-likeness (QED) is 0.523. The van der Waals surface area contributed by atoms with Crippen molar-refractivity contribution in [1.82, 2.24) is 0 Å². The van der Waals surface area contributed by atoms with Crippen molar-refractivity contribution in [1.29, 1.82) is 0 Å². The average Bonchev–Trinajstić information content (AvgIpc) is 2.52. The second-order valence-electron chi connectivity index (χ2n) is 8.34. The Kier molecular flexibility index (Phi) is 4.37. The van der Waals surface area contributed by atoms with Gasteiger partial charge in [0.2, 0.25) is 5.91 Å². The molecule has 4 aliphatic rings. The maximum atomic E-state index is 13.1. The molecule has 1 aromatic rings. The summed E-state index contributed by atoms with van der Waals surface area (Å²) in [7, 11) is 0. The minimum Gasteiger partial charge on any atom is -0.428 e. The largest absolute Gasteiger partial charge is 0.461 e. The summed E-state index contributed by atoms with van der Waals surface area (Å²) < 4.78 is 54.9. The molecule has 4 bridgehead atoms. The zero-order valence-corrected chi connectivity index (χ0v) is 15.2. The Morgan fingerprint density at radius 2 is 1.89 bits per heavy atom. The van der Waals surface area contributed by atoms with Crippen LogP contribution in [0.3, 0.4) is 0 Å². The number of benzene rings is 1. The molecule has 0 aromatic heterocycles. The molecule has 4 fully saturated rings. The van der Waals surface area contributed by atoms with Crippen LogP contribution in [0.2, 0.25) is 0 Å². The highest BCUT2D eigenvalue weighted by atomic mass is 35.5. The van der Waals surface area contributed by atoms with Crippen molar-refractivity contribution >= 4 is 23.2 Å². The maximum absolute atomic E-state index is 13.1. The lowest BCUT2D eigenvalue weighted by Crippen LogP contribution is -2.57. The first-order chi connectivity index (χ1) is 12.6. The van der Waals surface area contributed by atoms with Gasteiger partial charge in [-0.25, -0.2) is 0 Å². The molecule has 0 aliphatic heterocycles. The van der Waals surface area contributed by atoms with Crippen LogP contribution in [0, 0.1) is 17.3 Å². The molecule has 1 aromatic carbocycles. The van der Waals surface area contributed by atoms with Crippen LogP contribution in [0.1, 0.15) is 38.5 Å². The number of hydrogen-bond donors (Lipinski definition) is 1. The van der Waals surface area contributed by atoms with Crippen LogP contribution in [0.15, 0.2) is 24.3 Å². The smallest absolute Gasteiger partial charge is 0.428 e. The van der Waals surface area contributed by atoms with Gasteiger partial charge in [0.15, 0.2) is 0 Å². The number of rotatable bonds is 5. The molecule has 0 radical (unpaired) electrons. The van der Waals surface area contributed by atoms with Crippen molar-refractivity contribution in [2.24, 2.45) is 17.3 Å². The Labute approximate surface area is 159 Å². The van der Waals surface area contributed by atoms with Crippen molar-refractivity contribution in [3.05, 3.63) is 24.3 Å². The van der Waals surface area contributed by atoms with Crippen molar-refractivity contribution in [2.45, 2.75) is 55.9 Å². The zero-order chi connectivity index (χ0) is 19.4. The number of halogens is 5. The van der Waals surface area contributed by atoms with Crippen molar-refractivity contribution < 1.29 is 27.1 Å². The maximum Gasteiger partial charge on any atom is 0.461 e. The van der Waals surface area contributed by atoms with Crippen molar-refractivity contribution in [3.63, 3.8) is 0 Å². The highest BCUT2D eigenvalue weighted by molar-refractivity contribution is 6.24. The van der Waals surface area contributed by atoms with E-state index in [2.05, 4.69) is 10.1 Å². The number of nitrogens with one attached hydrogen (secondary N) is 1. The van der Waals surface area contributed by atoms with Crippen LogP contribution in [0.4, 0.5) is 23.2 Å². The number of carbonyl (C=O) groups excluding carboxylic acids is 1. The van der Waals surface area contributed by atoms with Gasteiger partial charge in [0, 0.05) is 16.6 Å². The Bertz CT molecular complexity index is 743. The number of amides is 1. The fraction of sp³-hybridized carbons (Fsp3) is 0.632. The van der Waals surface area contributed by atoms with E-state index in [1.807, 2.05) is 0 Å². The van der Waals surface area contributed by atoms with E-state index >= 15 is 0 Å². The first kappa shape index (κ1) is 18.8. The van der Waals surface area contributed by atoms with Gasteiger partial charge in [-0.1, -0.05) is 6.07 Å².